The third-order valence-corrected chi connectivity index (χ3v) is 4.15. The Morgan fingerprint density at radius 1 is 1.04 bits per heavy atom. The summed E-state index contributed by atoms with van der Waals surface area (Å²) >= 11 is 0. The smallest absolute Gasteiger partial charge is 0.161 e. The Kier molecular flexibility index (Phi) is 5.36. The number of hydrogen-bond donors (Lipinski definition) is 2. The molecule has 1 unspecified atom stereocenters. The molecule has 0 radical (unpaired) electrons. The Labute approximate surface area is 148 Å². The lowest BCUT2D eigenvalue weighted by Gasteiger charge is -2.13. The molecular formula is C20H23N3O2. The maximum atomic E-state index is 5.35. The van der Waals surface area contributed by atoms with Gasteiger partial charge in [-0.2, -0.15) is 0 Å². The molecule has 2 N–H and O–H groups in total. The maximum absolute atomic E-state index is 5.35. The zero-order valence-corrected chi connectivity index (χ0v) is 14.7. The molecule has 0 saturated carbocycles. The minimum Gasteiger partial charge on any atom is -0.493 e. The zero-order chi connectivity index (χ0) is 17.6. The second-order valence-electron chi connectivity index (χ2n) is 5.84. The lowest BCUT2D eigenvalue weighted by molar-refractivity contribution is 0.354. The lowest BCUT2D eigenvalue weighted by Crippen LogP contribution is -2.19. The van der Waals surface area contributed by atoms with Crippen LogP contribution in [-0.2, 0) is 6.54 Å². The van der Waals surface area contributed by atoms with E-state index in [1.807, 2.05) is 42.6 Å². The van der Waals surface area contributed by atoms with Crippen molar-refractivity contribution in [1.82, 2.24) is 15.3 Å². The highest BCUT2D eigenvalue weighted by atomic mass is 16.5. The molecule has 1 atom stereocenters. The third-order valence-electron chi connectivity index (χ3n) is 4.15. The fraction of sp³-hybridized carbons (Fsp3) is 0.250. The first-order chi connectivity index (χ1) is 12.2. The van der Waals surface area contributed by atoms with E-state index >= 15 is 0 Å². The molecule has 0 aliphatic heterocycles. The van der Waals surface area contributed by atoms with E-state index in [1.165, 1.54) is 0 Å². The Morgan fingerprint density at radius 2 is 1.80 bits per heavy atom. The molecule has 5 heteroatoms. The van der Waals surface area contributed by atoms with Gasteiger partial charge in [-0.05, 0) is 30.2 Å². The molecule has 3 aromatic rings. The molecule has 2 aromatic carbocycles. The highest BCUT2D eigenvalue weighted by Gasteiger charge is 2.11. The van der Waals surface area contributed by atoms with Crippen molar-refractivity contribution in [3.63, 3.8) is 0 Å². The number of hydrogen-bond acceptors (Lipinski definition) is 4. The van der Waals surface area contributed by atoms with E-state index in [-0.39, 0.29) is 6.04 Å². The number of imidazole rings is 1. The van der Waals surface area contributed by atoms with Crippen molar-refractivity contribution in [2.45, 2.75) is 19.5 Å². The predicted octanol–water partition coefficient (Wildman–Crippen LogP) is 3.94. The van der Waals surface area contributed by atoms with Gasteiger partial charge in [0.15, 0.2) is 11.5 Å². The Bertz CT molecular complexity index is 815. The van der Waals surface area contributed by atoms with Crippen molar-refractivity contribution >= 4 is 0 Å². The van der Waals surface area contributed by atoms with Gasteiger partial charge in [-0.25, -0.2) is 4.98 Å². The summed E-state index contributed by atoms with van der Waals surface area (Å²) in [5, 5.41) is 3.48. The van der Waals surface area contributed by atoms with Gasteiger partial charge in [0.1, 0.15) is 5.82 Å². The van der Waals surface area contributed by atoms with Gasteiger partial charge in [-0.15, -0.1) is 0 Å². The largest absolute Gasteiger partial charge is 0.493 e. The lowest BCUT2D eigenvalue weighted by atomic mass is 10.2. The molecule has 0 fully saturated rings. The van der Waals surface area contributed by atoms with Crippen LogP contribution in [0.4, 0.5) is 0 Å². The van der Waals surface area contributed by atoms with Crippen LogP contribution in [-0.4, -0.2) is 24.2 Å². The molecule has 3 rings (SSSR count). The van der Waals surface area contributed by atoms with Gasteiger partial charge in [0, 0.05) is 6.54 Å². The highest BCUT2D eigenvalue weighted by molar-refractivity contribution is 5.58. The first kappa shape index (κ1) is 17.0. The van der Waals surface area contributed by atoms with Crippen LogP contribution in [0.15, 0.2) is 54.7 Å². The average molecular weight is 337 g/mol. The molecule has 1 aromatic heterocycles. The number of nitrogens with zero attached hydrogens (tertiary/aromatic N) is 1. The van der Waals surface area contributed by atoms with Crippen LogP contribution in [0.2, 0.25) is 0 Å². The van der Waals surface area contributed by atoms with Crippen LogP contribution in [0.5, 0.6) is 11.5 Å². The molecule has 0 bridgehead atoms. The molecule has 0 aliphatic rings. The number of aromatic nitrogens is 2. The first-order valence-corrected chi connectivity index (χ1v) is 8.26. The molecule has 0 aliphatic carbocycles. The topological polar surface area (TPSA) is 59.2 Å². The normalized spacial score (nSPS) is 12.0. The predicted molar refractivity (Wildman–Crippen MR) is 98.8 cm³/mol. The number of H-pyrrole nitrogens is 1. The summed E-state index contributed by atoms with van der Waals surface area (Å²) in [5.41, 5.74) is 3.28. The average Bonchev–Trinajstić information content (AvgIpc) is 3.17. The van der Waals surface area contributed by atoms with E-state index in [4.69, 9.17) is 9.47 Å². The molecule has 5 nitrogen and oxygen atoms in total. The summed E-state index contributed by atoms with van der Waals surface area (Å²) in [6, 6.07) is 16.2. The number of nitrogens with one attached hydrogen (secondary N) is 2. The van der Waals surface area contributed by atoms with Crippen LogP contribution in [0, 0.1) is 0 Å². The molecular weight excluding hydrogens is 314 g/mol. The molecule has 25 heavy (non-hydrogen) atoms. The molecule has 0 saturated heterocycles. The van der Waals surface area contributed by atoms with Crippen molar-refractivity contribution < 1.29 is 9.47 Å². The van der Waals surface area contributed by atoms with Gasteiger partial charge in [-0.1, -0.05) is 36.4 Å². The third kappa shape index (κ3) is 4.00. The van der Waals surface area contributed by atoms with Crippen LogP contribution in [0.25, 0.3) is 11.3 Å². The van der Waals surface area contributed by atoms with Gasteiger partial charge < -0.3 is 19.8 Å². The summed E-state index contributed by atoms with van der Waals surface area (Å²) in [4.78, 5) is 7.89. The highest BCUT2D eigenvalue weighted by Crippen LogP contribution is 2.27. The number of methoxy groups -OCH3 is 2. The van der Waals surface area contributed by atoms with E-state index in [1.54, 1.807) is 14.2 Å². The fourth-order valence-corrected chi connectivity index (χ4v) is 2.68. The minimum atomic E-state index is 0.102. The second kappa shape index (κ2) is 7.85. The van der Waals surface area contributed by atoms with E-state index in [9.17, 15) is 0 Å². The van der Waals surface area contributed by atoms with Crippen LogP contribution in [0.3, 0.4) is 0 Å². The van der Waals surface area contributed by atoms with Gasteiger partial charge in [0.25, 0.3) is 0 Å². The van der Waals surface area contributed by atoms with Gasteiger partial charge in [0.2, 0.25) is 0 Å². The first-order valence-electron chi connectivity index (χ1n) is 8.26. The summed E-state index contributed by atoms with van der Waals surface area (Å²) in [7, 11) is 3.28. The van der Waals surface area contributed by atoms with Crippen molar-refractivity contribution in [1.29, 1.82) is 0 Å². The summed E-state index contributed by atoms with van der Waals surface area (Å²) in [6.07, 6.45) is 1.87. The summed E-state index contributed by atoms with van der Waals surface area (Å²) in [6.45, 7) is 2.80. The number of ether oxygens (including phenoxy) is 2. The number of rotatable bonds is 7. The molecule has 0 spiro atoms. The van der Waals surface area contributed by atoms with Gasteiger partial charge >= 0.3 is 0 Å². The zero-order valence-electron chi connectivity index (χ0n) is 14.7. The SMILES string of the molecule is COc1ccc(CNC(C)c2ncc(-c3ccccc3)[nH]2)cc1OC. The minimum absolute atomic E-state index is 0.102. The van der Waals surface area contributed by atoms with Crippen LogP contribution in [0.1, 0.15) is 24.4 Å². The Morgan fingerprint density at radius 3 is 2.52 bits per heavy atom. The van der Waals surface area contributed by atoms with E-state index < -0.39 is 0 Å². The number of benzene rings is 2. The van der Waals surface area contributed by atoms with Crippen molar-refractivity contribution in [2.75, 3.05) is 14.2 Å². The molecule has 130 valence electrons. The van der Waals surface area contributed by atoms with Crippen molar-refractivity contribution in [2.24, 2.45) is 0 Å². The summed E-state index contributed by atoms with van der Waals surface area (Å²) in [5.74, 6) is 2.39. The van der Waals surface area contributed by atoms with Gasteiger partial charge in [-0.3, -0.25) is 0 Å². The van der Waals surface area contributed by atoms with Crippen LogP contribution >= 0.6 is 0 Å². The van der Waals surface area contributed by atoms with E-state index in [0.29, 0.717) is 6.54 Å². The maximum Gasteiger partial charge on any atom is 0.161 e. The Balaban J connectivity index is 1.65. The quantitative estimate of drug-likeness (QED) is 0.685. The number of aromatic amines is 1. The standard InChI is InChI=1S/C20H23N3O2/c1-14(20-22-13-17(23-20)16-7-5-4-6-8-16)21-12-15-9-10-18(24-2)19(11-15)25-3/h4-11,13-14,21H,12H2,1-3H3,(H,22,23). The van der Waals surface area contributed by atoms with Gasteiger partial charge in [0.05, 0.1) is 32.2 Å². The summed E-state index contributed by atoms with van der Waals surface area (Å²) < 4.78 is 10.6. The monoisotopic (exact) mass is 337 g/mol. The van der Waals surface area contributed by atoms with Crippen molar-refractivity contribution in [3.05, 3.63) is 66.1 Å². The van der Waals surface area contributed by atoms with E-state index in [0.717, 1.165) is 34.1 Å². The fourth-order valence-electron chi connectivity index (χ4n) is 2.68. The van der Waals surface area contributed by atoms with Crippen LogP contribution < -0.4 is 14.8 Å². The molecule has 1 heterocycles. The molecule has 0 amide bonds. The second-order valence-corrected chi connectivity index (χ2v) is 5.84. The van der Waals surface area contributed by atoms with E-state index in [2.05, 4.69) is 34.3 Å². The Hall–Kier alpha value is -2.79. The van der Waals surface area contributed by atoms with Crippen molar-refractivity contribution in [3.8, 4) is 22.8 Å².